The summed E-state index contributed by atoms with van der Waals surface area (Å²) < 4.78 is 28.9. The minimum atomic E-state index is -1.26. The molecule has 114 valence electrons. The van der Waals surface area contributed by atoms with E-state index in [0.29, 0.717) is 5.56 Å². The first-order valence-electron chi connectivity index (χ1n) is 7.09. The lowest BCUT2D eigenvalue weighted by molar-refractivity contribution is 0.522. The van der Waals surface area contributed by atoms with Crippen molar-refractivity contribution in [3.63, 3.8) is 0 Å². The second-order valence-electron chi connectivity index (χ2n) is 6.65. The van der Waals surface area contributed by atoms with Crippen LogP contribution in [-0.2, 0) is 16.8 Å². The third-order valence-electron chi connectivity index (χ3n) is 3.82. The molecule has 2 rings (SSSR count). The molecule has 1 aliphatic rings. The molecular formula is C16H21FN2OS. The predicted molar refractivity (Wildman–Crippen MR) is 82.4 cm³/mol. The van der Waals surface area contributed by atoms with E-state index in [0.717, 1.165) is 18.4 Å². The van der Waals surface area contributed by atoms with Crippen molar-refractivity contribution in [3.05, 3.63) is 35.1 Å². The molecule has 0 bridgehead atoms. The van der Waals surface area contributed by atoms with Crippen LogP contribution in [0.4, 0.5) is 4.39 Å². The molecule has 0 heterocycles. The molecule has 1 aliphatic carbocycles. The fourth-order valence-corrected chi connectivity index (χ4v) is 2.97. The molecule has 0 aromatic heterocycles. The van der Waals surface area contributed by atoms with Crippen LogP contribution in [0.25, 0.3) is 0 Å². The normalized spacial score (nSPS) is 19.7. The van der Waals surface area contributed by atoms with Crippen molar-refractivity contribution in [1.29, 1.82) is 5.26 Å². The van der Waals surface area contributed by atoms with Crippen LogP contribution >= 0.6 is 0 Å². The maximum absolute atomic E-state index is 14.3. The molecule has 1 fully saturated rings. The highest BCUT2D eigenvalue weighted by molar-refractivity contribution is 7.90. The van der Waals surface area contributed by atoms with Gasteiger partial charge in [-0.25, -0.2) is 4.39 Å². The van der Waals surface area contributed by atoms with E-state index in [1.165, 1.54) is 6.07 Å². The molecule has 0 amide bonds. The van der Waals surface area contributed by atoms with Gasteiger partial charge in [0.05, 0.1) is 17.5 Å². The van der Waals surface area contributed by atoms with Crippen LogP contribution < -0.4 is 4.72 Å². The highest BCUT2D eigenvalue weighted by Crippen LogP contribution is 2.47. The SMILES string of the molecule is C[C@H](N[S+]([O-])C(C)(C)C)c1ccc(C2(C#N)CC2)cc1F. The lowest BCUT2D eigenvalue weighted by atomic mass is 9.95. The van der Waals surface area contributed by atoms with Crippen LogP contribution in [0, 0.1) is 17.1 Å². The Morgan fingerprint density at radius 3 is 2.48 bits per heavy atom. The van der Waals surface area contributed by atoms with Crippen molar-refractivity contribution in [3.8, 4) is 6.07 Å². The Hall–Kier alpha value is -1.09. The van der Waals surface area contributed by atoms with E-state index in [1.54, 1.807) is 13.0 Å². The first-order valence-corrected chi connectivity index (χ1v) is 8.24. The molecule has 0 spiro atoms. The van der Waals surface area contributed by atoms with Crippen molar-refractivity contribution in [1.82, 2.24) is 4.72 Å². The largest absolute Gasteiger partial charge is 0.598 e. The molecule has 3 nitrogen and oxygen atoms in total. The Labute approximate surface area is 128 Å². The van der Waals surface area contributed by atoms with Gasteiger partial charge in [0.1, 0.15) is 10.6 Å². The minimum Gasteiger partial charge on any atom is -0.598 e. The summed E-state index contributed by atoms with van der Waals surface area (Å²) in [6.45, 7) is 7.39. The minimum absolute atomic E-state index is 0.347. The van der Waals surface area contributed by atoms with Gasteiger partial charge in [0.25, 0.3) is 0 Å². The van der Waals surface area contributed by atoms with Gasteiger partial charge in [-0.05, 0) is 52.2 Å². The van der Waals surface area contributed by atoms with Crippen LogP contribution in [0.2, 0.25) is 0 Å². The number of halogens is 1. The summed E-state index contributed by atoms with van der Waals surface area (Å²) in [6.07, 6.45) is 1.59. The van der Waals surface area contributed by atoms with Gasteiger partial charge in [-0.2, -0.15) is 5.26 Å². The summed E-state index contributed by atoms with van der Waals surface area (Å²) in [7, 11) is 0. The molecule has 1 N–H and O–H groups in total. The number of nitrogens with one attached hydrogen (secondary N) is 1. The van der Waals surface area contributed by atoms with Crippen LogP contribution in [0.15, 0.2) is 18.2 Å². The molecule has 1 aromatic rings. The number of nitriles is 1. The first-order chi connectivity index (χ1) is 9.69. The Balaban J connectivity index is 2.16. The van der Waals surface area contributed by atoms with Crippen LogP contribution in [-0.4, -0.2) is 9.30 Å². The molecule has 0 radical (unpaired) electrons. The first kappa shape index (κ1) is 16.3. The summed E-state index contributed by atoms with van der Waals surface area (Å²) in [5.41, 5.74) is 0.741. The van der Waals surface area contributed by atoms with Crippen molar-refractivity contribution in [2.24, 2.45) is 0 Å². The third kappa shape index (κ3) is 3.39. The average Bonchev–Trinajstić information content (AvgIpc) is 3.18. The van der Waals surface area contributed by atoms with Gasteiger partial charge < -0.3 is 4.55 Å². The summed E-state index contributed by atoms with van der Waals surface area (Å²) in [6, 6.07) is 6.87. The number of benzene rings is 1. The van der Waals surface area contributed by atoms with E-state index in [2.05, 4.69) is 10.8 Å². The highest BCUT2D eigenvalue weighted by Gasteiger charge is 2.45. The molecular weight excluding hydrogens is 287 g/mol. The van der Waals surface area contributed by atoms with Gasteiger partial charge in [0.2, 0.25) is 0 Å². The van der Waals surface area contributed by atoms with Crippen LogP contribution in [0.1, 0.15) is 57.7 Å². The molecule has 21 heavy (non-hydrogen) atoms. The molecule has 1 saturated carbocycles. The zero-order chi connectivity index (χ0) is 15.8. The lowest BCUT2D eigenvalue weighted by Crippen LogP contribution is -2.40. The highest BCUT2D eigenvalue weighted by atomic mass is 32.2. The zero-order valence-corrected chi connectivity index (χ0v) is 13.7. The number of hydrogen-bond acceptors (Lipinski definition) is 3. The molecule has 1 aromatic carbocycles. The number of rotatable bonds is 4. The van der Waals surface area contributed by atoms with Crippen molar-refractivity contribution < 1.29 is 8.94 Å². The van der Waals surface area contributed by atoms with Crippen LogP contribution in [0.3, 0.4) is 0 Å². The molecule has 0 saturated heterocycles. The zero-order valence-electron chi connectivity index (χ0n) is 12.9. The second kappa shape index (κ2) is 5.60. The molecule has 1 unspecified atom stereocenters. The van der Waals surface area contributed by atoms with Gasteiger partial charge in [0, 0.05) is 16.9 Å². The van der Waals surface area contributed by atoms with Gasteiger partial charge in [-0.15, -0.1) is 4.72 Å². The lowest BCUT2D eigenvalue weighted by Gasteiger charge is -2.26. The Bertz CT molecular complexity index is 573. The predicted octanol–water partition coefficient (Wildman–Crippen LogP) is 3.49. The summed E-state index contributed by atoms with van der Waals surface area (Å²) >= 11 is -1.26. The van der Waals surface area contributed by atoms with E-state index in [9.17, 15) is 8.94 Å². The Kier molecular flexibility index (Phi) is 4.34. The van der Waals surface area contributed by atoms with Gasteiger partial charge in [-0.3, -0.25) is 0 Å². The molecule has 5 heteroatoms. The standard InChI is InChI=1S/C16H21FN2OS/c1-11(19-21(20)15(2,3)4)13-6-5-12(9-14(13)17)16(10-18)7-8-16/h5-6,9,11,19H,7-8H2,1-4H3/t11-,21?/m0/s1. The van der Waals surface area contributed by atoms with E-state index in [-0.39, 0.29) is 11.9 Å². The summed E-state index contributed by atoms with van der Waals surface area (Å²) in [5.74, 6) is -0.347. The van der Waals surface area contributed by atoms with E-state index in [4.69, 9.17) is 5.26 Å². The average molecular weight is 308 g/mol. The van der Waals surface area contributed by atoms with Crippen molar-refractivity contribution in [2.45, 2.75) is 56.7 Å². The van der Waals surface area contributed by atoms with Gasteiger partial charge in [-0.1, -0.05) is 12.1 Å². The van der Waals surface area contributed by atoms with E-state index < -0.39 is 21.5 Å². The van der Waals surface area contributed by atoms with Gasteiger partial charge >= 0.3 is 0 Å². The van der Waals surface area contributed by atoms with E-state index >= 15 is 0 Å². The van der Waals surface area contributed by atoms with Crippen molar-refractivity contribution in [2.75, 3.05) is 0 Å². The quantitative estimate of drug-likeness (QED) is 0.866. The molecule has 2 atom stereocenters. The maximum Gasteiger partial charge on any atom is 0.136 e. The van der Waals surface area contributed by atoms with Gasteiger partial charge in [0.15, 0.2) is 0 Å². The smallest absolute Gasteiger partial charge is 0.136 e. The third-order valence-corrected chi connectivity index (χ3v) is 5.50. The van der Waals surface area contributed by atoms with E-state index in [1.807, 2.05) is 26.8 Å². The fourth-order valence-electron chi connectivity index (χ4n) is 2.17. The maximum atomic E-state index is 14.3. The monoisotopic (exact) mass is 308 g/mol. The van der Waals surface area contributed by atoms with Crippen LogP contribution in [0.5, 0.6) is 0 Å². The summed E-state index contributed by atoms with van der Waals surface area (Å²) in [4.78, 5) is 0. The number of nitrogens with zero attached hydrogens (tertiary/aromatic N) is 1. The fraction of sp³-hybridized carbons (Fsp3) is 0.562. The number of hydrogen-bond donors (Lipinski definition) is 1. The Morgan fingerprint density at radius 2 is 2.05 bits per heavy atom. The summed E-state index contributed by atoms with van der Waals surface area (Å²) in [5, 5.41) is 9.16. The second-order valence-corrected chi connectivity index (χ2v) is 8.65. The van der Waals surface area contributed by atoms with Crippen molar-refractivity contribution >= 4 is 11.4 Å². The topological polar surface area (TPSA) is 58.9 Å². The molecule has 0 aliphatic heterocycles. The Morgan fingerprint density at radius 1 is 1.43 bits per heavy atom.